The number of carbonyl (C=O) groups excluding carboxylic acids is 2. The molecule has 0 radical (unpaired) electrons. The normalized spacial score (nSPS) is 23.0. The van der Waals surface area contributed by atoms with Gasteiger partial charge in [0.2, 0.25) is 11.8 Å². The average molecular weight is 341 g/mol. The van der Waals surface area contributed by atoms with E-state index in [1.54, 1.807) is 32.0 Å². The first-order valence-electron chi connectivity index (χ1n) is 5.81. The van der Waals surface area contributed by atoms with Crippen molar-refractivity contribution in [1.29, 1.82) is 0 Å². The van der Waals surface area contributed by atoms with Crippen molar-refractivity contribution in [1.82, 2.24) is 0 Å². The van der Waals surface area contributed by atoms with Crippen LogP contribution in [0, 0.1) is 11.8 Å². The fourth-order valence-corrected chi connectivity index (χ4v) is 2.60. The molecule has 0 aliphatic carbocycles. The second-order valence-corrected chi connectivity index (χ2v) is 5.97. The molecule has 1 aromatic rings. The number of rotatable bonds is 2. The highest BCUT2D eigenvalue weighted by Gasteiger charge is 2.43. The summed E-state index contributed by atoms with van der Waals surface area (Å²) < 4.78 is 0.760. The number of thiocarbonyl (C=S) groups is 1. The Hall–Kier alpha value is -1.27. The quantitative estimate of drug-likeness (QED) is 0.662. The average Bonchev–Trinajstić information content (AvgIpc) is 2.53. The van der Waals surface area contributed by atoms with E-state index in [1.165, 1.54) is 4.90 Å². The molecular formula is C13H13BrN2O2S. The Morgan fingerprint density at radius 2 is 1.79 bits per heavy atom. The third-order valence-corrected chi connectivity index (χ3v) is 4.15. The summed E-state index contributed by atoms with van der Waals surface area (Å²) in [6.07, 6.45) is 0. The van der Waals surface area contributed by atoms with Gasteiger partial charge in [-0.2, -0.15) is 0 Å². The Kier molecular flexibility index (Phi) is 3.73. The Morgan fingerprint density at radius 3 is 2.26 bits per heavy atom. The lowest BCUT2D eigenvalue weighted by molar-refractivity contribution is -0.122. The van der Waals surface area contributed by atoms with Gasteiger partial charge in [0.15, 0.2) is 0 Å². The van der Waals surface area contributed by atoms with Crippen LogP contribution >= 0.6 is 28.1 Å². The summed E-state index contributed by atoms with van der Waals surface area (Å²) in [6.45, 7) is 3.51. The third kappa shape index (κ3) is 2.30. The zero-order valence-electron chi connectivity index (χ0n) is 10.5. The van der Waals surface area contributed by atoms with Gasteiger partial charge < -0.3 is 5.73 Å². The summed E-state index contributed by atoms with van der Waals surface area (Å²) >= 11 is 8.31. The molecule has 2 atom stereocenters. The van der Waals surface area contributed by atoms with Crippen LogP contribution in [0.15, 0.2) is 22.7 Å². The van der Waals surface area contributed by atoms with Gasteiger partial charge >= 0.3 is 0 Å². The summed E-state index contributed by atoms with van der Waals surface area (Å²) in [5.74, 6) is -1.09. The third-order valence-electron chi connectivity index (χ3n) is 3.44. The number of carbonyl (C=O) groups is 2. The monoisotopic (exact) mass is 340 g/mol. The van der Waals surface area contributed by atoms with Gasteiger partial charge in [-0.15, -0.1) is 0 Å². The molecule has 6 heteroatoms. The highest BCUT2D eigenvalue weighted by Crippen LogP contribution is 2.34. The van der Waals surface area contributed by atoms with Crippen LogP contribution in [-0.4, -0.2) is 16.8 Å². The van der Waals surface area contributed by atoms with Crippen LogP contribution < -0.4 is 10.6 Å². The van der Waals surface area contributed by atoms with E-state index in [2.05, 4.69) is 15.9 Å². The molecule has 0 saturated carbocycles. The summed E-state index contributed by atoms with van der Waals surface area (Å²) in [5.41, 5.74) is 6.64. The highest BCUT2D eigenvalue weighted by molar-refractivity contribution is 9.10. The van der Waals surface area contributed by atoms with E-state index in [0.29, 0.717) is 11.3 Å². The lowest BCUT2D eigenvalue weighted by Crippen LogP contribution is -2.32. The van der Waals surface area contributed by atoms with Crippen molar-refractivity contribution >= 4 is 50.6 Å². The molecule has 1 heterocycles. The van der Waals surface area contributed by atoms with Crippen LogP contribution in [0.1, 0.15) is 19.4 Å². The zero-order chi connectivity index (χ0) is 14.3. The standard InChI is InChI=1S/C13H13BrN2O2S/c1-6-7(2)13(18)16(12(6)17)10-5-8(14)3-4-9(10)11(15)19/h3-7H,1-2H3,(H2,15,19). The minimum absolute atomic E-state index is 0.162. The molecule has 0 bridgehead atoms. The first-order valence-corrected chi connectivity index (χ1v) is 7.02. The first kappa shape index (κ1) is 14.1. The van der Waals surface area contributed by atoms with Crippen molar-refractivity contribution < 1.29 is 9.59 Å². The maximum absolute atomic E-state index is 12.2. The fraction of sp³-hybridized carbons (Fsp3) is 0.308. The molecule has 2 rings (SSSR count). The van der Waals surface area contributed by atoms with Gasteiger partial charge in [-0.25, -0.2) is 4.90 Å². The minimum atomic E-state index is -0.328. The molecule has 0 aromatic heterocycles. The van der Waals surface area contributed by atoms with Crippen molar-refractivity contribution in [2.45, 2.75) is 13.8 Å². The molecule has 100 valence electrons. The van der Waals surface area contributed by atoms with Crippen LogP contribution in [0.2, 0.25) is 0 Å². The molecule has 4 nitrogen and oxygen atoms in total. The van der Waals surface area contributed by atoms with Crippen LogP contribution in [0.5, 0.6) is 0 Å². The molecule has 1 saturated heterocycles. The second-order valence-electron chi connectivity index (χ2n) is 4.61. The molecule has 2 unspecified atom stereocenters. The Bertz CT molecular complexity index is 568. The molecule has 1 aliphatic heterocycles. The largest absolute Gasteiger partial charge is 0.389 e. The van der Waals surface area contributed by atoms with E-state index >= 15 is 0 Å². The van der Waals surface area contributed by atoms with E-state index in [9.17, 15) is 9.59 Å². The van der Waals surface area contributed by atoms with Crippen molar-refractivity contribution in [3.63, 3.8) is 0 Å². The number of hydrogen-bond donors (Lipinski definition) is 1. The summed E-state index contributed by atoms with van der Waals surface area (Å²) in [6, 6.07) is 5.17. The van der Waals surface area contributed by atoms with E-state index in [0.717, 1.165) is 4.47 Å². The SMILES string of the molecule is CC1C(=O)N(c2cc(Br)ccc2C(N)=S)C(=O)C1C. The second kappa shape index (κ2) is 5.02. The highest BCUT2D eigenvalue weighted by atomic mass is 79.9. The predicted molar refractivity (Wildman–Crippen MR) is 80.9 cm³/mol. The maximum atomic E-state index is 12.2. The Balaban J connectivity index is 2.59. The van der Waals surface area contributed by atoms with Gasteiger partial charge in [-0.1, -0.05) is 42.0 Å². The van der Waals surface area contributed by atoms with Crippen molar-refractivity contribution in [2.24, 2.45) is 17.6 Å². The van der Waals surface area contributed by atoms with E-state index in [1.807, 2.05) is 0 Å². The van der Waals surface area contributed by atoms with E-state index in [-0.39, 0.29) is 28.6 Å². The molecule has 1 fully saturated rings. The lowest BCUT2D eigenvalue weighted by Gasteiger charge is -2.18. The number of nitrogens with zero attached hydrogens (tertiary/aromatic N) is 1. The van der Waals surface area contributed by atoms with Gasteiger partial charge in [0.1, 0.15) is 4.99 Å². The topological polar surface area (TPSA) is 63.4 Å². The predicted octanol–water partition coefficient (Wildman–Crippen LogP) is 2.23. The van der Waals surface area contributed by atoms with Gasteiger partial charge in [0.25, 0.3) is 0 Å². The number of halogens is 1. The summed E-state index contributed by atoms with van der Waals surface area (Å²) in [4.78, 5) is 25.8. The molecule has 1 aliphatic rings. The fourth-order valence-electron chi connectivity index (χ4n) is 2.08. The number of nitrogens with two attached hydrogens (primary N) is 1. The van der Waals surface area contributed by atoms with Gasteiger partial charge in [0, 0.05) is 21.9 Å². The summed E-state index contributed by atoms with van der Waals surface area (Å²) in [5, 5.41) is 0. The maximum Gasteiger partial charge on any atom is 0.237 e. The van der Waals surface area contributed by atoms with E-state index in [4.69, 9.17) is 18.0 Å². The van der Waals surface area contributed by atoms with Crippen LogP contribution in [-0.2, 0) is 9.59 Å². The lowest BCUT2D eigenvalue weighted by atomic mass is 10.00. The Labute approximate surface area is 125 Å². The Morgan fingerprint density at radius 1 is 1.26 bits per heavy atom. The van der Waals surface area contributed by atoms with Gasteiger partial charge in [-0.3, -0.25) is 9.59 Å². The van der Waals surface area contributed by atoms with Crippen molar-refractivity contribution in [2.75, 3.05) is 4.90 Å². The molecule has 0 spiro atoms. The summed E-state index contributed by atoms with van der Waals surface area (Å²) in [7, 11) is 0. The minimum Gasteiger partial charge on any atom is -0.389 e. The van der Waals surface area contributed by atoms with Crippen molar-refractivity contribution in [3.8, 4) is 0 Å². The molecule has 1 aromatic carbocycles. The van der Waals surface area contributed by atoms with E-state index < -0.39 is 0 Å². The smallest absolute Gasteiger partial charge is 0.237 e. The van der Waals surface area contributed by atoms with Gasteiger partial charge in [0.05, 0.1) is 5.69 Å². The molecule has 2 N–H and O–H groups in total. The number of anilines is 1. The first-order chi connectivity index (χ1) is 8.84. The number of hydrogen-bond acceptors (Lipinski definition) is 3. The number of benzene rings is 1. The van der Waals surface area contributed by atoms with Crippen LogP contribution in [0.4, 0.5) is 5.69 Å². The van der Waals surface area contributed by atoms with Crippen LogP contribution in [0.3, 0.4) is 0 Å². The van der Waals surface area contributed by atoms with Gasteiger partial charge in [-0.05, 0) is 18.2 Å². The van der Waals surface area contributed by atoms with Crippen molar-refractivity contribution in [3.05, 3.63) is 28.2 Å². The number of amides is 2. The molecule has 19 heavy (non-hydrogen) atoms. The van der Waals surface area contributed by atoms with Crippen LogP contribution in [0.25, 0.3) is 0 Å². The molecule has 2 amide bonds. The zero-order valence-corrected chi connectivity index (χ0v) is 12.9. The molecular weight excluding hydrogens is 328 g/mol. The number of imide groups is 1.